The van der Waals surface area contributed by atoms with Gasteiger partial charge in [-0.25, -0.2) is 9.97 Å². The van der Waals surface area contributed by atoms with Crippen molar-refractivity contribution in [3.8, 4) is 32.0 Å². The van der Waals surface area contributed by atoms with Crippen LogP contribution < -0.4 is 10.6 Å². The molecule has 10 rings (SSSR count). The quantitative estimate of drug-likeness (QED) is 0.119. The van der Waals surface area contributed by atoms with Crippen molar-refractivity contribution in [2.24, 2.45) is 11.8 Å². The van der Waals surface area contributed by atoms with Crippen molar-refractivity contribution >= 4 is 46.3 Å². The first kappa shape index (κ1) is 42.0. The number of nitrogens with one attached hydrogen (secondary N) is 2. The van der Waals surface area contributed by atoms with Gasteiger partial charge >= 0.3 is 0 Å². The van der Waals surface area contributed by atoms with Crippen LogP contribution in [-0.2, 0) is 19.2 Å². The predicted molar refractivity (Wildman–Crippen MR) is 251 cm³/mol. The highest BCUT2D eigenvalue weighted by atomic mass is 32.1. The Balaban J connectivity index is 0.794. The summed E-state index contributed by atoms with van der Waals surface area (Å²) in [7, 11) is 0. The number of thiazole rings is 2. The largest absolute Gasteiger partial charge is 0.340 e. The predicted octanol–water partition coefficient (Wildman–Crippen LogP) is 10.2. The SMILES string of the molecule is O=C(N[C@@H](C(=O)N1CCC[C@H]1c1ncc(-c2ccc(-c3ccc(-c4cnc([C@@H]5CCCN5C(=O)[C@H](NC(=O)C5CCC5)c5ccccc5)s4)cc3)cc2)s1)c1ccccc1)C1CCC1. The molecule has 0 radical (unpaired) electrons. The Morgan fingerprint density at radius 2 is 0.859 bits per heavy atom. The number of hydrogen-bond donors (Lipinski definition) is 2. The van der Waals surface area contributed by atoms with Gasteiger partial charge in [-0.3, -0.25) is 19.2 Å². The van der Waals surface area contributed by atoms with E-state index < -0.39 is 12.1 Å². The Labute approximate surface area is 382 Å². The van der Waals surface area contributed by atoms with Gasteiger partial charge in [-0.1, -0.05) is 122 Å². The van der Waals surface area contributed by atoms with E-state index in [4.69, 9.17) is 9.97 Å². The molecule has 2 saturated heterocycles. The third kappa shape index (κ3) is 8.65. The highest BCUT2D eigenvalue weighted by Crippen LogP contribution is 2.41. The van der Waals surface area contributed by atoms with Gasteiger partial charge in [0.2, 0.25) is 23.6 Å². The minimum absolute atomic E-state index is 0.00785. The molecule has 4 amide bonds. The number of aromatic nitrogens is 2. The van der Waals surface area contributed by atoms with Gasteiger partial charge in [0.1, 0.15) is 22.1 Å². The number of rotatable bonds is 13. The summed E-state index contributed by atoms with van der Waals surface area (Å²) in [4.78, 5) is 70.2. The van der Waals surface area contributed by atoms with Crippen LogP contribution in [0.15, 0.2) is 122 Å². The van der Waals surface area contributed by atoms with Crippen LogP contribution in [0.3, 0.4) is 0 Å². The molecule has 6 aromatic rings. The first-order chi connectivity index (χ1) is 31.4. The van der Waals surface area contributed by atoms with Gasteiger partial charge in [-0.15, -0.1) is 22.7 Å². The Bertz CT molecular complexity index is 2420. The minimum atomic E-state index is -0.715. The summed E-state index contributed by atoms with van der Waals surface area (Å²) in [6.45, 7) is 1.27. The zero-order chi connectivity index (χ0) is 43.6. The Kier molecular flexibility index (Phi) is 12.2. The van der Waals surface area contributed by atoms with E-state index in [-0.39, 0.29) is 47.5 Å². The monoisotopic (exact) mass is 888 g/mol. The van der Waals surface area contributed by atoms with Gasteiger partial charge < -0.3 is 20.4 Å². The van der Waals surface area contributed by atoms with Crippen molar-refractivity contribution in [1.29, 1.82) is 0 Å². The summed E-state index contributed by atoms with van der Waals surface area (Å²) in [5.74, 6) is -0.224. The molecule has 0 bridgehead atoms. The number of benzene rings is 4. The minimum Gasteiger partial charge on any atom is -0.340 e. The third-order valence-electron chi connectivity index (χ3n) is 13.6. The molecule has 4 fully saturated rings. The van der Waals surface area contributed by atoms with Crippen LogP contribution in [0.5, 0.6) is 0 Å². The summed E-state index contributed by atoms with van der Waals surface area (Å²) in [5.41, 5.74) is 5.96. The normalized spacial score (nSPS) is 19.7. The molecule has 0 unspecified atom stereocenters. The molecule has 2 aromatic heterocycles. The van der Waals surface area contributed by atoms with Crippen LogP contribution in [0.25, 0.3) is 32.0 Å². The number of carbonyl (C=O) groups excluding carboxylic acids is 4. The molecule has 4 aliphatic rings. The number of carbonyl (C=O) groups is 4. The van der Waals surface area contributed by atoms with Crippen molar-refractivity contribution in [3.63, 3.8) is 0 Å². The number of likely N-dealkylation sites (tertiary alicyclic amines) is 2. The van der Waals surface area contributed by atoms with Crippen molar-refractivity contribution in [1.82, 2.24) is 30.4 Å². The van der Waals surface area contributed by atoms with Crippen molar-refractivity contribution in [3.05, 3.63) is 143 Å². The zero-order valence-corrected chi connectivity index (χ0v) is 37.4. The van der Waals surface area contributed by atoms with E-state index in [1.165, 1.54) is 0 Å². The maximum Gasteiger partial charge on any atom is 0.250 e. The van der Waals surface area contributed by atoms with Gasteiger partial charge in [0.25, 0.3) is 0 Å². The van der Waals surface area contributed by atoms with E-state index in [0.717, 1.165) is 117 Å². The lowest BCUT2D eigenvalue weighted by Gasteiger charge is -2.31. The summed E-state index contributed by atoms with van der Waals surface area (Å²) in [5, 5.41) is 8.05. The van der Waals surface area contributed by atoms with Crippen LogP contribution in [0.1, 0.15) is 110 Å². The van der Waals surface area contributed by atoms with E-state index in [1.54, 1.807) is 22.7 Å². The standard InChI is InChI=1S/C52H52N6O4S2/c59-47(39-15-7-16-39)55-45(37-11-3-1-4-12-37)51(61)57-29-9-19-41(57)49-53-31-43(63-49)35-25-21-33(22-26-35)34-23-27-36(28-24-34)44-32-54-50(64-44)42-20-10-30-58(42)52(62)46(38-13-5-2-6-14-38)56-48(60)40-17-8-18-40/h1-6,11-14,21-28,31-32,39-42,45-46H,7-10,15-20,29-30H2,(H,55,59)(H,56,60)/t41-,42-,45+,46+/m0/s1. The number of amides is 4. The molecule has 2 N–H and O–H groups in total. The fourth-order valence-electron chi connectivity index (χ4n) is 9.44. The lowest BCUT2D eigenvalue weighted by Crippen LogP contribution is -2.45. The topological polar surface area (TPSA) is 125 Å². The van der Waals surface area contributed by atoms with Gasteiger partial charge in [-0.05, 0) is 84.7 Å². The molecule has 326 valence electrons. The van der Waals surface area contributed by atoms with Gasteiger partial charge in [-0.2, -0.15) is 0 Å². The van der Waals surface area contributed by atoms with Crippen LogP contribution in [0.4, 0.5) is 0 Å². The first-order valence-electron chi connectivity index (χ1n) is 22.8. The van der Waals surface area contributed by atoms with Crippen molar-refractivity contribution in [2.45, 2.75) is 88.4 Å². The molecular formula is C52H52N6O4S2. The average molecular weight is 889 g/mol. The lowest BCUT2D eigenvalue weighted by molar-refractivity contribution is -0.139. The molecule has 64 heavy (non-hydrogen) atoms. The molecule has 4 heterocycles. The Morgan fingerprint density at radius 1 is 0.484 bits per heavy atom. The highest BCUT2D eigenvalue weighted by molar-refractivity contribution is 7.15. The fraction of sp³-hybridized carbons (Fsp3) is 0.346. The van der Waals surface area contributed by atoms with Crippen molar-refractivity contribution in [2.75, 3.05) is 13.1 Å². The Morgan fingerprint density at radius 3 is 1.22 bits per heavy atom. The summed E-state index contributed by atoms with van der Waals surface area (Å²) >= 11 is 3.26. The maximum absolute atomic E-state index is 14.2. The second-order valence-electron chi connectivity index (χ2n) is 17.6. The first-order valence-corrected chi connectivity index (χ1v) is 24.5. The van der Waals surface area contributed by atoms with Gasteiger partial charge in [0.15, 0.2) is 0 Å². The van der Waals surface area contributed by atoms with E-state index >= 15 is 0 Å². The average Bonchev–Trinajstić information content (AvgIpc) is 4.14. The second kappa shape index (κ2) is 18.6. The smallest absolute Gasteiger partial charge is 0.250 e. The summed E-state index contributed by atoms with van der Waals surface area (Å²) < 4.78 is 0. The lowest BCUT2D eigenvalue weighted by atomic mass is 9.84. The van der Waals surface area contributed by atoms with E-state index in [1.807, 2.05) is 82.9 Å². The number of nitrogens with zero attached hydrogens (tertiary/aromatic N) is 4. The summed E-state index contributed by atoms with van der Waals surface area (Å²) in [6.07, 6.45) is 12.9. The molecule has 12 heteroatoms. The van der Waals surface area contributed by atoms with Crippen LogP contribution in [-0.4, -0.2) is 56.5 Å². The molecule has 2 aliphatic heterocycles. The van der Waals surface area contributed by atoms with E-state index in [2.05, 4.69) is 59.2 Å². The second-order valence-corrected chi connectivity index (χ2v) is 19.7. The number of hydrogen-bond acceptors (Lipinski definition) is 8. The molecule has 2 aliphatic carbocycles. The molecule has 4 atom stereocenters. The van der Waals surface area contributed by atoms with Crippen LogP contribution >= 0.6 is 22.7 Å². The fourth-order valence-corrected chi connectivity index (χ4v) is 11.6. The maximum atomic E-state index is 14.2. The molecule has 4 aromatic carbocycles. The van der Waals surface area contributed by atoms with Gasteiger partial charge in [0, 0.05) is 37.3 Å². The van der Waals surface area contributed by atoms with E-state index in [0.29, 0.717) is 13.1 Å². The molecule has 2 saturated carbocycles. The third-order valence-corrected chi connectivity index (χ3v) is 15.9. The zero-order valence-electron chi connectivity index (χ0n) is 35.7. The molecule has 10 nitrogen and oxygen atoms in total. The van der Waals surface area contributed by atoms with E-state index in [9.17, 15) is 19.2 Å². The van der Waals surface area contributed by atoms with Crippen molar-refractivity contribution < 1.29 is 19.2 Å². The van der Waals surface area contributed by atoms with Crippen LogP contribution in [0.2, 0.25) is 0 Å². The summed E-state index contributed by atoms with van der Waals surface area (Å²) in [6, 6.07) is 34.6. The molecular weight excluding hydrogens is 837 g/mol. The van der Waals surface area contributed by atoms with Gasteiger partial charge in [0.05, 0.1) is 21.8 Å². The molecule has 0 spiro atoms. The highest BCUT2D eigenvalue weighted by Gasteiger charge is 2.40. The van der Waals surface area contributed by atoms with Crippen LogP contribution in [0, 0.1) is 11.8 Å². The Hall–Kier alpha value is -5.98.